The number of benzene rings is 1. The van der Waals surface area contributed by atoms with Gasteiger partial charge in [-0.15, -0.1) is 0 Å². The Morgan fingerprint density at radius 1 is 1.37 bits per heavy atom. The van der Waals surface area contributed by atoms with Crippen LogP contribution in [-0.4, -0.2) is 16.5 Å². The molecule has 0 aliphatic heterocycles. The lowest BCUT2D eigenvalue weighted by Gasteiger charge is -2.14. The number of nitrogens with zero attached hydrogens (tertiary/aromatic N) is 1. The molecule has 1 aromatic carbocycles. The molecule has 0 radical (unpaired) electrons. The quantitative estimate of drug-likeness (QED) is 0.867. The first-order valence-corrected chi connectivity index (χ1v) is 6.61. The zero-order valence-electron chi connectivity index (χ0n) is 11.4. The first kappa shape index (κ1) is 13.7. The number of aromatic nitrogens is 2. The van der Waals surface area contributed by atoms with Gasteiger partial charge in [0.05, 0.1) is 11.9 Å². The van der Waals surface area contributed by atoms with E-state index in [-0.39, 0.29) is 11.7 Å². The highest BCUT2D eigenvalue weighted by atomic mass is 19.1. The third kappa shape index (κ3) is 3.41. The largest absolute Gasteiger partial charge is 0.342 e. The van der Waals surface area contributed by atoms with Crippen molar-refractivity contribution in [3.05, 3.63) is 42.1 Å². The Bertz CT molecular complexity index is 534. The molecule has 0 amide bonds. The number of rotatable bonds is 5. The van der Waals surface area contributed by atoms with Gasteiger partial charge in [0.25, 0.3) is 0 Å². The van der Waals surface area contributed by atoms with Gasteiger partial charge in [-0.3, -0.25) is 0 Å². The lowest BCUT2D eigenvalue weighted by molar-refractivity contribution is 0.490. The fourth-order valence-electron chi connectivity index (χ4n) is 2.24. The predicted octanol–water partition coefficient (Wildman–Crippen LogP) is 3.30. The van der Waals surface area contributed by atoms with Crippen molar-refractivity contribution < 1.29 is 4.39 Å². The monoisotopic (exact) mass is 261 g/mol. The molecular weight excluding hydrogens is 241 g/mol. The summed E-state index contributed by atoms with van der Waals surface area (Å²) in [6.45, 7) is 4.90. The van der Waals surface area contributed by atoms with Crippen molar-refractivity contribution in [2.45, 2.75) is 26.2 Å². The number of H-pyrrole nitrogens is 1. The standard InChI is InChI=1S/C15H20FN3/c1-10(2)6-12(8-17)15-18-9-14(19-15)11-4-3-5-13(16)7-11/h3-5,7,9-10,12H,6,8,17H2,1-2H3,(H,18,19). The summed E-state index contributed by atoms with van der Waals surface area (Å²) >= 11 is 0. The number of halogens is 1. The van der Waals surface area contributed by atoms with Gasteiger partial charge >= 0.3 is 0 Å². The summed E-state index contributed by atoms with van der Waals surface area (Å²) in [6, 6.07) is 6.49. The molecule has 0 spiro atoms. The highest BCUT2D eigenvalue weighted by molar-refractivity contribution is 5.58. The third-order valence-corrected chi connectivity index (χ3v) is 3.16. The molecular formula is C15H20FN3. The van der Waals surface area contributed by atoms with Crippen molar-refractivity contribution in [3.8, 4) is 11.3 Å². The molecule has 2 rings (SSSR count). The molecule has 4 heteroatoms. The molecule has 0 saturated carbocycles. The predicted molar refractivity (Wildman–Crippen MR) is 75.2 cm³/mol. The molecule has 0 saturated heterocycles. The highest BCUT2D eigenvalue weighted by Gasteiger charge is 2.15. The van der Waals surface area contributed by atoms with Gasteiger partial charge in [0.2, 0.25) is 0 Å². The van der Waals surface area contributed by atoms with E-state index in [4.69, 9.17) is 5.73 Å². The number of imidazole rings is 1. The average molecular weight is 261 g/mol. The summed E-state index contributed by atoms with van der Waals surface area (Å²) in [5.74, 6) is 1.43. The maximum absolute atomic E-state index is 13.2. The minimum absolute atomic E-state index is 0.224. The van der Waals surface area contributed by atoms with E-state index in [1.54, 1.807) is 12.3 Å². The van der Waals surface area contributed by atoms with Gasteiger partial charge in [-0.25, -0.2) is 9.37 Å². The van der Waals surface area contributed by atoms with Crippen LogP contribution in [0.5, 0.6) is 0 Å². The number of aromatic amines is 1. The lowest BCUT2D eigenvalue weighted by Crippen LogP contribution is -2.15. The Labute approximate surface area is 113 Å². The SMILES string of the molecule is CC(C)CC(CN)c1ncc(-c2cccc(F)c2)[nH]1. The van der Waals surface area contributed by atoms with Crippen LogP contribution in [0.3, 0.4) is 0 Å². The fraction of sp³-hybridized carbons (Fsp3) is 0.400. The van der Waals surface area contributed by atoms with Crippen LogP contribution in [0.25, 0.3) is 11.3 Å². The van der Waals surface area contributed by atoms with E-state index < -0.39 is 0 Å². The van der Waals surface area contributed by atoms with Crippen molar-refractivity contribution in [3.63, 3.8) is 0 Å². The van der Waals surface area contributed by atoms with Crippen LogP contribution in [-0.2, 0) is 0 Å². The Morgan fingerprint density at radius 2 is 2.16 bits per heavy atom. The van der Waals surface area contributed by atoms with Gasteiger partial charge < -0.3 is 10.7 Å². The third-order valence-electron chi connectivity index (χ3n) is 3.16. The topological polar surface area (TPSA) is 54.7 Å². The molecule has 0 bridgehead atoms. The molecule has 0 aliphatic rings. The first-order valence-electron chi connectivity index (χ1n) is 6.61. The van der Waals surface area contributed by atoms with Crippen molar-refractivity contribution in [1.82, 2.24) is 9.97 Å². The summed E-state index contributed by atoms with van der Waals surface area (Å²) < 4.78 is 13.2. The Kier molecular flexibility index (Phi) is 4.32. The van der Waals surface area contributed by atoms with E-state index in [0.29, 0.717) is 12.5 Å². The summed E-state index contributed by atoms with van der Waals surface area (Å²) in [4.78, 5) is 7.64. The first-order chi connectivity index (χ1) is 9.10. The van der Waals surface area contributed by atoms with E-state index in [9.17, 15) is 4.39 Å². The molecule has 102 valence electrons. The van der Waals surface area contributed by atoms with Crippen LogP contribution in [0.4, 0.5) is 4.39 Å². The normalized spacial score (nSPS) is 12.9. The van der Waals surface area contributed by atoms with Gasteiger partial charge in [-0.1, -0.05) is 26.0 Å². The maximum atomic E-state index is 13.2. The van der Waals surface area contributed by atoms with E-state index >= 15 is 0 Å². The Balaban J connectivity index is 2.23. The van der Waals surface area contributed by atoms with Crippen molar-refractivity contribution in [2.75, 3.05) is 6.54 Å². The number of nitrogens with one attached hydrogen (secondary N) is 1. The van der Waals surface area contributed by atoms with Crippen molar-refractivity contribution in [1.29, 1.82) is 0 Å². The van der Waals surface area contributed by atoms with Gasteiger partial charge in [0, 0.05) is 18.0 Å². The second-order valence-corrected chi connectivity index (χ2v) is 5.25. The number of hydrogen-bond acceptors (Lipinski definition) is 2. The van der Waals surface area contributed by atoms with E-state index in [1.807, 2.05) is 6.07 Å². The fourth-order valence-corrected chi connectivity index (χ4v) is 2.24. The lowest BCUT2D eigenvalue weighted by atomic mass is 9.97. The summed E-state index contributed by atoms with van der Waals surface area (Å²) in [6.07, 6.45) is 2.74. The van der Waals surface area contributed by atoms with Gasteiger partial charge in [-0.2, -0.15) is 0 Å². The molecule has 1 heterocycles. The zero-order valence-corrected chi connectivity index (χ0v) is 11.4. The van der Waals surface area contributed by atoms with Crippen LogP contribution in [0.15, 0.2) is 30.5 Å². The molecule has 0 fully saturated rings. The van der Waals surface area contributed by atoms with Gasteiger partial charge in [0.1, 0.15) is 11.6 Å². The molecule has 0 aliphatic carbocycles. The van der Waals surface area contributed by atoms with E-state index in [0.717, 1.165) is 23.5 Å². The van der Waals surface area contributed by atoms with E-state index in [2.05, 4.69) is 23.8 Å². The molecule has 3 N–H and O–H groups in total. The van der Waals surface area contributed by atoms with Crippen molar-refractivity contribution in [2.24, 2.45) is 11.7 Å². The van der Waals surface area contributed by atoms with Gasteiger partial charge in [0.15, 0.2) is 0 Å². The Hall–Kier alpha value is -1.68. The van der Waals surface area contributed by atoms with Crippen LogP contribution in [0, 0.1) is 11.7 Å². The van der Waals surface area contributed by atoms with E-state index in [1.165, 1.54) is 12.1 Å². The summed E-state index contributed by atoms with van der Waals surface area (Å²) in [5.41, 5.74) is 7.44. The van der Waals surface area contributed by atoms with Crippen molar-refractivity contribution >= 4 is 0 Å². The molecule has 19 heavy (non-hydrogen) atoms. The maximum Gasteiger partial charge on any atom is 0.123 e. The summed E-state index contributed by atoms with van der Waals surface area (Å²) in [5, 5.41) is 0. The second kappa shape index (κ2) is 5.97. The molecule has 1 aromatic heterocycles. The highest BCUT2D eigenvalue weighted by Crippen LogP contribution is 2.24. The zero-order chi connectivity index (χ0) is 13.8. The number of hydrogen-bond donors (Lipinski definition) is 2. The number of nitrogens with two attached hydrogens (primary N) is 1. The van der Waals surface area contributed by atoms with Crippen LogP contribution < -0.4 is 5.73 Å². The molecule has 1 atom stereocenters. The smallest absolute Gasteiger partial charge is 0.123 e. The van der Waals surface area contributed by atoms with Crippen LogP contribution >= 0.6 is 0 Å². The minimum atomic E-state index is -0.244. The average Bonchev–Trinajstić information content (AvgIpc) is 2.85. The van der Waals surface area contributed by atoms with Crippen LogP contribution in [0.1, 0.15) is 32.0 Å². The second-order valence-electron chi connectivity index (χ2n) is 5.25. The Morgan fingerprint density at radius 3 is 2.79 bits per heavy atom. The molecule has 3 nitrogen and oxygen atoms in total. The van der Waals surface area contributed by atoms with Gasteiger partial charge in [-0.05, 0) is 24.5 Å². The molecule has 1 unspecified atom stereocenters. The molecule has 2 aromatic rings. The van der Waals surface area contributed by atoms with Crippen LogP contribution in [0.2, 0.25) is 0 Å². The summed E-state index contributed by atoms with van der Waals surface area (Å²) in [7, 11) is 0. The minimum Gasteiger partial charge on any atom is -0.342 e.